The van der Waals surface area contributed by atoms with E-state index in [0.717, 1.165) is 15.4 Å². The molecule has 4 heteroatoms. The molecule has 0 N–H and O–H groups in total. The SMILES string of the molecule is FCCOc1ccc(CBr)cc1Br. The van der Waals surface area contributed by atoms with Crippen LogP contribution in [0.3, 0.4) is 0 Å². The van der Waals surface area contributed by atoms with Crippen molar-refractivity contribution in [2.24, 2.45) is 0 Å². The first kappa shape index (κ1) is 11.0. The predicted octanol–water partition coefficient (Wildman–Crippen LogP) is 3.69. The lowest BCUT2D eigenvalue weighted by Gasteiger charge is -2.06. The molecule has 13 heavy (non-hydrogen) atoms. The highest BCUT2D eigenvalue weighted by Crippen LogP contribution is 2.26. The summed E-state index contributed by atoms with van der Waals surface area (Å²) in [5.41, 5.74) is 1.15. The van der Waals surface area contributed by atoms with Gasteiger partial charge in [0.1, 0.15) is 19.0 Å². The molecule has 1 rings (SSSR count). The third-order valence-corrected chi connectivity index (χ3v) is 2.75. The van der Waals surface area contributed by atoms with Gasteiger partial charge in [-0.05, 0) is 33.6 Å². The van der Waals surface area contributed by atoms with Crippen molar-refractivity contribution in [1.29, 1.82) is 0 Å². The highest BCUT2D eigenvalue weighted by Gasteiger charge is 2.01. The second kappa shape index (κ2) is 5.60. The summed E-state index contributed by atoms with van der Waals surface area (Å²) in [4.78, 5) is 0. The summed E-state index contributed by atoms with van der Waals surface area (Å²) in [5, 5.41) is 0.801. The normalized spacial score (nSPS) is 10.1. The number of hydrogen-bond acceptors (Lipinski definition) is 1. The highest BCUT2D eigenvalue weighted by atomic mass is 79.9. The summed E-state index contributed by atoms with van der Waals surface area (Å²) in [5.74, 6) is 0.683. The van der Waals surface area contributed by atoms with Crippen molar-refractivity contribution in [2.75, 3.05) is 13.3 Å². The van der Waals surface area contributed by atoms with E-state index >= 15 is 0 Å². The molecule has 0 atom stereocenters. The number of halogens is 3. The molecule has 0 radical (unpaired) electrons. The van der Waals surface area contributed by atoms with Gasteiger partial charge in [-0.25, -0.2) is 4.39 Å². The topological polar surface area (TPSA) is 9.23 Å². The molecule has 0 aliphatic rings. The molecule has 0 aromatic heterocycles. The van der Waals surface area contributed by atoms with Crippen molar-refractivity contribution in [1.82, 2.24) is 0 Å². The van der Waals surface area contributed by atoms with Gasteiger partial charge in [-0.1, -0.05) is 22.0 Å². The zero-order valence-corrected chi connectivity index (χ0v) is 10.1. The van der Waals surface area contributed by atoms with E-state index in [4.69, 9.17) is 4.74 Å². The second-order valence-electron chi connectivity index (χ2n) is 2.44. The molecule has 0 amide bonds. The zero-order chi connectivity index (χ0) is 9.68. The first-order valence-electron chi connectivity index (χ1n) is 3.81. The molecule has 0 spiro atoms. The van der Waals surface area contributed by atoms with Crippen LogP contribution in [-0.4, -0.2) is 13.3 Å². The third-order valence-electron chi connectivity index (χ3n) is 1.49. The lowest BCUT2D eigenvalue weighted by Crippen LogP contribution is -1.99. The summed E-state index contributed by atoms with van der Waals surface area (Å²) in [6.07, 6.45) is 0. The molecule has 72 valence electrons. The van der Waals surface area contributed by atoms with Crippen LogP contribution in [0.15, 0.2) is 22.7 Å². The van der Waals surface area contributed by atoms with E-state index < -0.39 is 6.67 Å². The summed E-state index contributed by atoms with van der Waals surface area (Å²) >= 11 is 6.70. The Bertz CT molecular complexity index is 278. The van der Waals surface area contributed by atoms with Gasteiger partial charge in [-0.2, -0.15) is 0 Å². The van der Waals surface area contributed by atoms with Crippen LogP contribution in [0, 0.1) is 0 Å². The lowest BCUT2D eigenvalue weighted by atomic mass is 10.2. The minimum Gasteiger partial charge on any atom is -0.490 e. The first-order chi connectivity index (χ1) is 6.27. The van der Waals surface area contributed by atoms with Crippen molar-refractivity contribution >= 4 is 31.9 Å². The summed E-state index contributed by atoms with van der Waals surface area (Å²) in [7, 11) is 0. The van der Waals surface area contributed by atoms with Crippen LogP contribution in [0.25, 0.3) is 0 Å². The molecule has 0 saturated heterocycles. The second-order valence-corrected chi connectivity index (χ2v) is 3.85. The van der Waals surface area contributed by atoms with Gasteiger partial charge in [0.2, 0.25) is 0 Å². The Kier molecular flexibility index (Phi) is 4.73. The standard InChI is InChI=1S/C9H9Br2FO/c10-6-7-1-2-9(8(11)5-7)13-4-3-12/h1-2,5H,3-4,6H2. The van der Waals surface area contributed by atoms with Crippen molar-refractivity contribution in [3.05, 3.63) is 28.2 Å². The molecule has 0 saturated carbocycles. The molecule has 0 aliphatic carbocycles. The van der Waals surface area contributed by atoms with Gasteiger partial charge in [0, 0.05) is 5.33 Å². The average Bonchev–Trinajstić information content (AvgIpc) is 2.16. The van der Waals surface area contributed by atoms with Crippen molar-refractivity contribution in [2.45, 2.75) is 5.33 Å². The average molecular weight is 312 g/mol. The van der Waals surface area contributed by atoms with Gasteiger partial charge >= 0.3 is 0 Å². The Morgan fingerprint density at radius 1 is 1.38 bits per heavy atom. The number of benzene rings is 1. The number of rotatable bonds is 4. The van der Waals surface area contributed by atoms with E-state index in [1.54, 1.807) is 0 Å². The quantitative estimate of drug-likeness (QED) is 0.771. The predicted molar refractivity (Wildman–Crippen MR) is 58.2 cm³/mol. The van der Waals surface area contributed by atoms with Gasteiger partial charge in [0.25, 0.3) is 0 Å². The van der Waals surface area contributed by atoms with Crippen LogP contribution in [0.2, 0.25) is 0 Å². The van der Waals surface area contributed by atoms with E-state index in [0.29, 0.717) is 5.75 Å². The number of ether oxygens (including phenoxy) is 1. The fraction of sp³-hybridized carbons (Fsp3) is 0.333. The van der Waals surface area contributed by atoms with Crippen molar-refractivity contribution in [3.63, 3.8) is 0 Å². The van der Waals surface area contributed by atoms with Crippen LogP contribution in [0.5, 0.6) is 5.75 Å². The molecule has 0 heterocycles. The van der Waals surface area contributed by atoms with E-state index in [1.165, 1.54) is 0 Å². The van der Waals surface area contributed by atoms with Gasteiger partial charge in [-0.15, -0.1) is 0 Å². The summed E-state index contributed by atoms with van der Waals surface area (Å²) in [6.45, 7) is -0.362. The van der Waals surface area contributed by atoms with Crippen LogP contribution in [0.1, 0.15) is 5.56 Å². The zero-order valence-electron chi connectivity index (χ0n) is 6.90. The fourth-order valence-corrected chi connectivity index (χ4v) is 1.78. The van der Waals surface area contributed by atoms with Gasteiger partial charge < -0.3 is 4.74 Å². The molecule has 0 bridgehead atoms. The van der Waals surface area contributed by atoms with Crippen LogP contribution in [-0.2, 0) is 5.33 Å². The molecule has 1 aromatic rings. The molecular weight excluding hydrogens is 303 g/mol. The minimum atomic E-state index is -0.466. The maximum Gasteiger partial charge on any atom is 0.133 e. The largest absolute Gasteiger partial charge is 0.490 e. The Balaban J connectivity index is 2.73. The molecule has 1 aromatic carbocycles. The monoisotopic (exact) mass is 310 g/mol. The summed E-state index contributed by atoms with van der Waals surface area (Å²) < 4.78 is 17.8. The van der Waals surface area contributed by atoms with Gasteiger partial charge in [0.05, 0.1) is 4.47 Å². The molecule has 0 fully saturated rings. The van der Waals surface area contributed by atoms with Gasteiger partial charge in [0.15, 0.2) is 0 Å². The maximum atomic E-state index is 11.8. The van der Waals surface area contributed by atoms with Crippen LogP contribution < -0.4 is 4.74 Å². The first-order valence-corrected chi connectivity index (χ1v) is 5.72. The van der Waals surface area contributed by atoms with Crippen molar-refractivity contribution < 1.29 is 9.13 Å². The highest BCUT2D eigenvalue weighted by molar-refractivity contribution is 9.10. The maximum absolute atomic E-state index is 11.8. The number of alkyl halides is 2. The molecular formula is C9H9Br2FO. The van der Waals surface area contributed by atoms with Gasteiger partial charge in [-0.3, -0.25) is 0 Å². The summed E-state index contributed by atoms with van der Waals surface area (Å²) in [6, 6.07) is 5.71. The Morgan fingerprint density at radius 2 is 2.15 bits per heavy atom. The fourth-order valence-electron chi connectivity index (χ4n) is 0.893. The number of hydrogen-bond donors (Lipinski definition) is 0. The van der Waals surface area contributed by atoms with Crippen LogP contribution >= 0.6 is 31.9 Å². The third kappa shape index (κ3) is 3.27. The minimum absolute atomic E-state index is 0.103. The lowest BCUT2D eigenvalue weighted by molar-refractivity contribution is 0.272. The van der Waals surface area contributed by atoms with E-state index in [9.17, 15) is 4.39 Å². The van der Waals surface area contributed by atoms with E-state index in [-0.39, 0.29) is 6.61 Å². The molecule has 1 nitrogen and oxygen atoms in total. The van der Waals surface area contributed by atoms with E-state index in [1.807, 2.05) is 18.2 Å². The smallest absolute Gasteiger partial charge is 0.133 e. The van der Waals surface area contributed by atoms with Crippen LogP contribution in [0.4, 0.5) is 4.39 Å². The molecule has 0 aliphatic heterocycles. The Hall–Kier alpha value is -0.0900. The van der Waals surface area contributed by atoms with E-state index in [2.05, 4.69) is 31.9 Å². The Morgan fingerprint density at radius 3 is 2.69 bits per heavy atom. The Labute approximate surface area is 93.5 Å². The van der Waals surface area contributed by atoms with Crippen molar-refractivity contribution in [3.8, 4) is 5.75 Å². The molecule has 0 unspecified atom stereocenters.